The van der Waals surface area contributed by atoms with Gasteiger partial charge in [0.05, 0.1) is 4.99 Å². The van der Waals surface area contributed by atoms with Gasteiger partial charge in [-0.05, 0) is 29.5 Å². The van der Waals surface area contributed by atoms with E-state index >= 15 is 0 Å². The Kier molecular flexibility index (Phi) is 8.84. The number of fused-ring (bicyclic) bond motifs is 1. The van der Waals surface area contributed by atoms with Crippen LogP contribution >= 0.6 is 35.7 Å². The van der Waals surface area contributed by atoms with E-state index in [0.717, 1.165) is 22.1 Å². The molecule has 0 aromatic carbocycles. The summed E-state index contributed by atoms with van der Waals surface area (Å²) in [4.78, 5) is 33.2. The molecular formula is C17H20N7NaO6S4. The summed E-state index contributed by atoms with van der Waals surface area (Å²) in [5.74, 6) is -1.98. The van der Waals surface area contributed by atoms with Crippen LogP contribution in [0, 0.1) is 5.41 Å². The fraction of sp³-hybridized carbons (Fsp3) is 0.471. The number of amides is 1. The number of pyridine rings is 1. The number of thiocarbonyl (C=S) groups is 1. The second-order valence-electron chi connectivity index (χ2n) is 7.75. The SMILES string of the molecule is CC(=S)N(c1ccncc1)C1C(=O)N2CC(CSc3nnnn3CS(=O)(=O)O)(C(=O)O)CS[C@H]12.[H-].[Na+]. The van der Waals surface area contributed by atoms with E-state index in [2.05, 4.69) is 20.5 Å². The number of thioether (sulfide) groups is 2. The average molecular weight is 570 g/mol. The fourth-order valence-corrected chi connectivity index (χ4v) is 7.33. The maximum atomic E-state index is 13.1. The Morgan fingerprint density at radius 3 is 2.71 bits per heavy atom. The van der Waals surface area contributed by atoms with Crippen LogP contribution in [-0.2, 0) is 25.6 Å². The largest absolute Gasteiger partial charge is 1.00 e. The second kappa shape index (κ2) is 11.0. The van der Waals surface area contributed by atoms with Crippen molar-refractivity contribution in [3.05, 3.63) is 24.5 Å². The summed E-state index contributed by atoms with van der Waals surface area (Å²) in [6, 6.07) is 2.97. The molecule has 13 nitrogen and oxygen atoms in total. The van der Waals surface area contributed by atoms with Crippen molar-refractivity contribution in [1.29, 1.82) is 0 Å². The molecule has 2 N–H and O–H groups in total. The maximum absolute atomic E-state index is 13.1. The molecule has 18 heteroatoms. The number of rotatable bonds is 8. The molecule has 0 radical (unpaired) electrons. The first kappa shape index (κ1) is 28.2. The Hall–Kier alpha value is -1.34. The third-order valence-corrected chi connectivity index (χ3v) is 8.98. The summed E-state index contributed by atoms with van der Waals surface area (Å²) < 4.78 is 32.2. The standard InChI is InChI=1S/C17H19N7O6S4.Na.H/c1-10(31)24(11-2-4-18-5-3-11)12-13(25)22-6-17(15(26)27,7-32-14(12)22)8-33-16-19-20-21-23(16)9-34(28,29)30;;/h2-5,12,14H,6-9H2,1H3,(H,26,27)(H,28,29,30);;/q;+1;-1/t12?,14-,17?;;/m1../s1. The van der Waals surface area contributed by atoms with Crippen LogP contribution in [0.15, 0.2) is 29.7 Å². The van der Waals surface area contributed by atoms with Gasteiger partial charge in [-0.15, -0.1) is 16.9 Å². The molecule has 2 aromatic rings. The Morgan fingerprint density at radius 2 is 2.11 bits per heavy atom. The number of carboxylic acid groups (broad SMARTS) is 1. The normalized spacial score (nSPS) is 23.6. The summed E-state index contributed by atoms with van der Waals surface area (Å²) >= 11 is 7.69. The van der Waals surface area contributed by atoms with Gasteiger partial charge in [0.15, 0.2) is 5.88 Å². The molecule has 2 saturated heterocycles. The summed E-state index contributed by atoms with van der Waals surface area (Å²) in [5, 5.41) is 20.4. The molecular weight excluding hydrogens is 549 g/mol. The minimum Gasteiger partial charge on any atom is -1.00 e. The fourth-order valence-electron chi connectivity index (χ4n) is 3.77. The van der Waals surface area contributed by atoms with Crippen LogP contribution in [-0.4, -0.2) is 94.5 Å². The molecule has 0 saturated carbocycles. The number of hydrogen-bond donors (Lipinski definition) is 2. The first-order valence-corrected chi connectivity index (χ1v) is 13.8. The van der Waals surface area contributed by atoms with Crippen molar-refractivity contribution >= 4 is 68.4 Å². The minimum atomic E-state index is -4.39. The predicted molar refractivity (Wildman–Crippen MR) is 128 cm³/mol. The van der Waals surface area contributed by atoms with E-state index in [1.807, 2.05) is 0 Å². The van der Waals surface area contributed by atoms with E-state index in [-0.39, 0.29) is 65.5 Å². The monoisotopic (exact) mass is 569 g/mol. The second-order valence-corrected chi connectivity index (χ2v) is 11.8. The zero-order valence-corrected chi connectivity index (χ0v) is 23.8. The van der Waals surface area contributed by atoms with Gasteiger partial charge < -0.3 is 16.3 Å². The van der Waals surface area contributed by atoms with Crippen molar-refractivity contribution < 1.29 is 58.7 Å². The van der Waals surface area contributed by atoms with E-state index in [0.29, 0.717) is 4.99 Å². The van der Waals surface area contributed by atoms with Crippen LogP contribution < -0.4 is 34.5 Å². The van der Waals surface area contributed by atoms with Gasteiger partial charge in [0, 0.05) is 36.1 Å². The van der Waals surface area contributed by atoms with Gasteiger partial charge in [-0.25, -0.2) is 4.68 Å². The van der Waals surface area contributed by atoms with E-state index in [1.165, 1.54) is 16.7 Å². The van der Waals surface area contributed by atoms with Crippen LogP contribution in [0.3, 0.4) is 0 Å². The molecule has 4 rings (SSSR count). The topological polar surface area (TPSA) is 172 Å². The van der Waals surface area contributed by atoms with Gasteiger partial charge in [-0.3, -0.25) is 19.1 Å². The van der Waals surface area contributed by atoms with Crippen LogP contribution in [0.25, 0.3) is 0 Å². The molecule has 4 heterocycles. The van der Waals surface area contributed by atoms with Crippen molar-refractivity contribution in [2.45, 2.75) is 29.4 Å². The first-order valence-electron chi connectivity index (χ1n) is 9.72. The van der Waals surface area contributed by atoms with Gasteiger partial charge in [-0.2, -0.15) is 8.42 Å². The smallest absolute Gasteiger partial charge is 1.00 e. The molecule has 184 valence electrons. The van der Waals surface area contributed by atoms with Gasteiger partial charge in [-0.1, -0.05) is 24.0 Å². The number of carboxylic acids is 1. The van der Waals surface area contributed by atoms with Crippen molar-refractivity contribution in [3.8, 4) is 0 Å². The predicted octanol–water partition coefficient (Wildman–Crippen LogP) is -2.67. The van der Waals surface area contributed by atoms with E-state index < -0.39 is 33.4 Å². The number of carbonyl (C=O) groups is 2. The zero-order valence-electron chi connectivity index (χ0n) is 19.6. The number of β-lactam (4-membered cyclic amide) rings is 1. The molecule has 2 unspecified atom stereocenters. The zero-order chi connectivity index (χ0) is 24.7. The number of tetrazole rings is 1. The van der Waals surface area contributed by atoms with Crippen molar-refractivity contribution in [1.82, 2.24) is 30.1 Å². The molecule has 0 spiro atoms. The Bertz CT molecular complexity index is 1240. The van der Waals surface area contributed by atoms with Gasteiger partial charge >= 0.3 is 35.5 Å². The minimum absolute atomic E-state index is 0. The Balaban J connectivity index is 0.00000228. The number of aromatic nitrogens is 5. The van der Waals surface area contributed by atoms with Crippen LogP contribution in [0.2, 0.25) is 0 Å². The Morgan fingerprint density at radius 1 is 1.43 bits per heavy atom. The van der Waals surface area contributed by atoms with Crippen molar-refractivity contribution in [2.75, 3.05) is 23.0 Å². The molecule has 2 aliphatic heterocycles. The molecule has 35 heavy (non-hydrogen) atoms. The van der Waals surface area contributed by atoms with E-state index in [4.69, 9.17) is 16.8 Å². The van der Waals surface area contributed by atoms with Gasteiger partial charge in [0.25, 0.3) is 10.1 Å². The van der Waals surface area contributed by atoms with Crippen LogP contribution in [0.4, 0.5) is 5.69 Å². The van der Waals surface area contributed by atoms with Crippen LogP contribution in [0.5, 0.6) is 0 Å². The molecule has 1 amide bonds. The number of carbonyl (C=O) groups excluding carboxylic acids is 1. The first-order chi connectivity index (χ1) is 16.0. The van der Waals surface area contributed by atoms with Crippen molar-refractivity contribution in [2.24, 2.45) is 5.41 Å². The number of nitrogens with zero attached hydrogens (tertiary/aromatic N) is 7. The van der Waals surface area contributed by atoms with Gasteiger partial charge in [0.2, 0.25) is 11.1 Å². The van der Waals surface area contributed by atoms with E-state index in [9.17, 15) is 23.1 Å². The average Bonchev–Trinajstić information content (AvgIpc) is 3.21. The molecule has 2 fully saturated rings. The number of aliphatic carboxylic acids is 1. The molecule has 3 atom stereocenters. The summed E-state index contributed by atoms with van der Waals surface area (Å²) in [6.45, 7) is 1.71. The number of anilines is 1. The summed E-state index contributed by atoms with van der Waals surface area (Å²) in [7, 11) is -4.39. The third-order valence-electron chi connectivity index (χ3n) is 5.39. The number of hydrogen-bond acceptors (Lipinski definition) is 11. The maximum Gasteiger partial charge on any atom is 1.00 e. The molecule has 2 aliphatic rings. The summed E-state index contributed by atoms with van der Waals surface area (Å²) in [5.41, 5.74) is -0.576. The molecule has 0 aliphatic carbocycles. The molecule has 0 bridgehead atoms. The Labute approximate surface area is 237 Å². The summed E-state index contributed by atoms with van der Waals surface area (Å²) in [6.07, 6.45) is 3.22. The third kappa shape index (κ3) is 5.82. The van der Waals surface area contributed by atoms with Crippen LogP contribution in [0.1, 0.15) is 8.35 Å². The quantitative estimate of drug-likeness (QED) is 0.111. The van der Waals surface area contributed by atoms with E-state index in [1.54, 1.807) is 36.4 Å². The molecule has 2 aromatic heterocycles. The van der Waals surface area contributed by atoms with Gasteiger partial charge in [0.1, 0.15) is 16.8 Å². The van der Waals surface area contributed by atoms with Crippen molar-refractivity contribution in [3.63, 3.8) is 0 Å².